The van der Waals surface area contributed by atoms with Gasteiger partial charge in [-0.2, -0.15) is 5.10 Å². The minimum atomic E-state index is -0.885. The third-order valence-electron chi connectivity index (χ3n) is 1.98. The van der Waals surface area contributed by atoms with Crippen molar-refractivity contribution in [3.8, 4) is 0 Å². The van der Waals surface area contributed by atoms with E-state index in [1.54, 1.807) is 13.8 Å². The van der Waals surface area contributed by atoms with Crippen molar-refractivity contribution in [2.45, 2.75) is 39.2 Å². The molecule has 0 saturated heterocycles. The molecule has 84 valence electrons. The first-order chi connectivity index (χ1) is 6.93. The monoisotopic (exact) mass is 210 g/mol. The molecular weight excluding hydrogens is 192 g/mol. The van der Waals surface area contributed by atoms with Crippen molar-refractivity contribution in [1.82, 2.24) is 10.2 Å². The molecule has 1 aromatic heterocycles. The highest BCUT2D eigenvalue weighted by Crippen LogP contribution is 2.09. The Morgan fingerprint density at radius 3 is 2.87 bits per heavy atom. The molecule has 1 amide bonds. The molecule has 5 heteroatoms. The fraction of sp³-hybridized carbons (Fsp3) is 0.600. The lowest BCUT2D eigenvalue weighted by Crippen LogP contribution is -2.45. The lowest BCUT2D eigenvalue weighted by atomic mass is 10.1. The standard InChI is InChI=1S/C10H18N4O/c1-4-5-7-6-8(14-13-7)12-9(15)10(2,3)11/h6H,4-5,11H2,1-3H3,(H2,12,13,14,15). The zero-order chi connectivity index (χ0) is 11.5. The highest BCUT2D eigenvalue weighted by atomic mass is 16.2. The highest BCUT2D eigenvalue weighted by Gasteiger charge is 2.22. The van der Waals surface area contributed by atoms with Gasteiger partial charge in [-0.3, -0.25) is 9.89 Å². The zero-order valence-corrected chi connectivity index (χ0v) is 9.42. The van der Waals surface area contributed by atoms with E-state index < -0.39 is 5.54 Å². The third-order valence-corrected chi connectivity index (χ3v) is 1.98. The van der Waals surface area contributed by atoms with E-state index in [0.29, 0.717) is 5.82 Å². The molecule has 1 rings (SSSR count). The summed E-state index contributed by atoms with van der Waals surface area (Å²) in [5.41, 5.74) is 5.77. The first-order valence-electron chi connectivity index (χ1n) is 5.08. The molecule has 0 saturated carbocycles. The summed E-state index contributed by atoms with van der Waals surface area (Å²) in [4.78, 5) is 11.5. The van der Waals surface area contributed by atoms with Gasteiger partial charge in [0.2, 0.25) is 5.91 Å². The van der Waals surface area contributed by atoms with Gasteiger partial charge in [-0.1, -0.05) is 13.3 Å². The van der Waals surface area contributed by atoms with Crippen LogP contribution >= 0.6 is 0 Å². The number of nitrogens with one attached hydrogen (secondary N) is 2. The van der Waals surface area contributed by atoms with E-state index in [1.165, 1.54) is 0 Å². The minimum absolute atomic E-state index is 0.239. The van der Waals surface area contributed by atoms with Crippen LogP contribution in [0.4, 0.5) is 5.82 Å². The molecule has 1 aromatic rings. The zero-order valence-electron chi connectivity index (χ0n) is 9.42. The average Bonchev–Trinajstić information content (AvgIpc) is 2.51. The van der Waals surface area contributed by atoms with Crippen LogP contribution in [0.1, 0.15) is 32.9 Å². The third kappa shape index (κ3) is 3.36. The highest BCUT2D eigenvalue weighted by molar-refractivity contribution is 5.96. The maximum atomic E-state index is 11.5. The number of anilines is 1. The van der Waals surface area contributed by atoms with E-state index in [2.05, 4.69) is 22.4 Å². The van der Waals surface area contributed by atoms with Crippen molar-refractivity contribution in [1.29, 1.82) is 0 Å². The molecule has 15 heavy (non-hydrogen) atoms. The minimum Gasteiger partial charge on any atom is -0.318 e. The van der Waals surface area contributed by atoms with E-state index in [0.717, 1.165) is 18.5 Å². The molecular formula is C10H18N4O. The van der Waals surface area contributed by atoms with E-state index in [1.807, 2.05) is 6.07 Å². The van der Waals surface area contributed by atoms with Crippen LogP contribution in [0.3, 0.4) is 0 Å². The average molecular weight is 210 g/mol. The van der Waals surface area contributed by atoms with Crippen molar-refractivity contribution in [3.05, 3.63) is 11.8 Å². The number of amides is 1. The molecule has 0 aromatic carbocycles. The Bertz CT molecular complexity index is 337. The van der Waals surface area contributed by atoms with Gasteiger partial charge in [0.1, 0.15) is 0 Å². The molecule has 0 unspecified atom stereocenters. The predicted octanol–water partition coefficient (Wildman–Crippen LogP) is 1.04. The van der Waals surface area contributed by atoms with Gasteiger partial charge in [0.05, 0.1) is 5.54 Å². The lowest BCUT2D eigenvalue weighted by Gasteiger charge is -2.16. The van der Waals surface area contributed by atoms with Gasteiger partial charge >= 0.3 is 0 Å². The summed E-state index contributed by atoms with van der Waals surface area (Å²) in [5, 5.41) is 9.49. The molecule has 5 nitrogen and oxygen atoms in total. The Morgan fingerprint density at radius 1 is 1.67 bits per heavy atom. The number of nitrogens with two attached hydrogens (primary N) is 1. The number of aryl methyl sites for hydroxylation is 1. The Balaban J connectivity index is 2.61. The summed E-state index contributed by atoms with van der Waals surface area (Å²) < 4.78 is 0. The second-order valence-electron chi connectivity index (χ2n) is 4.20. The fourth-order valence-electron chi connectivity index (χ4n) is 1.10. The molecule has 0 spiro atoms. The van der Waals surface area contributed by atoms with Crippen LogP contribution in [0.15, 0.2) is 6.07 Å². The van der Waals surface area contributed by atoms with Gasteiger partial charge in [0, 0.05) is 11.8 Å². The normalized spacial score (nSPS) is 11.5. The molecule has 4 N–H and O–H groups in total. The van der Waals surface area contributed by atoms with Gasteiger partial charge in [-0.05, 0) is 20.3 Å². The summed E-state index contributed by atoms with van der Waals surface area (Å²) in [6, 6.07) is 1.83. The van der Waals surface area contributed by atoms with Crippen molar-refractivity contribution < 1.29 is 4.79 Å². The summed E-state index contributed by atoms with van der Waals surface area (Å²) in [7, 11) is 0. The number of carbonyl (C=O) groups is 1. The number of hydrogen-bond acceptors (Lipinski definition) is 3. The second-order valence-corrected chi connectivity index (χ2v) is 4.20. The second kappa shape index (κ2) is 4.44. The van der Waals surface area contributed by atoms with Crippen LogP contribution in [0.5, 0.6) is 0 Å². The first kappa shape index (κ1) is 11.7. The molecule has 0 bridgehead atoms. The van der Waals surface area contributed by atoms with Crippen LogP contribution in [-0.4, -0.2) is 21.6 Å². The SMILES string of the molecule is CCCc1cc(NC(=O)C(C)(C)N)n[nH]1. The van der Waals surface area contributed by atoms with Crippen LogP contribution in [-0.2, 0) is 11.2 Å². The Labute approximate surface area is 89.4 Å². The molecule has 0 aliphatic heterocycles. The van der Waals surface area contributed by atoms with E-state index in [4.69, 9.17) is 5.73 Å². The van der Waals surface area contributed by atoms with Crippen molar-refractivity contribution in [2.24, 2.45) is 5.73 Å². The van der Waals surface area contributed by atoms with Gasteiger partial charge in [0.25, 0.3) is 0 Å². The summed E-state index contributed by atoms with van der Waals surface area (Å²) in [5.74, 6) is 0.291. The van der Waals surface area contributed by atoms with Crippen molar-refractivity contribution in [2.75, 3.05) is 5.32 Å². The maximum absolute atomic E-state index is 11.5. The molecule has 1 heterocycles. The van der Waals surface area contributed by atoms with Gasteiger partial charge < -0.3 is 11.1 Å². The number of nitrogens with zero attached hydrogens (tertiary/aromatic N) is 1. The number of aromatic nitrogens is 2. The van der Waals surface area contributed by atoms with E-state index in [-0.39, 0.29) is 5.91 Å². The largest absolute Gasteiger partial charge is 0.318 e. The Kier molecular flexibility index (Phi) is 3.47. The van der Waals surface area contributed by atoms with Gasteiger partial charge in [-0.15, -0.1) is 0 Å². The summed E-state index contributed by atoms with van der Waals surface area (Å²) >= 11 is 0. The molecule has 0 fully saturated rings. The molecule has 0 radical (unpaired) electrons. The number of aromatic amines is 1. The smallest absolute Gasteiger partial charge is 0.245 e. The predicted molar refractivity (Wildman–Crippen MR) is 59.5 cm³/mol. The van der Waals surface area contributed by atoms with Crippen LogP contribution in [0.25, 0.3) is 0 Å². The summed E-state index contributed by atoms with van der Waals surface area (Å²) in [6.07, 6.45) is 1.97. The van der Waals surface area contributed by atoms with Crippen molar-refractivity contribution in [3.63, 3.8) is 0 Å². The van der Waals surface area contributed by atoms with E-state index in [9.17, 15) is 4.79 Å². The molecule has 0 atom stereocenters. The first-order valence-corrected chi connectivity index (χ1v) is 5.08. The number of carbonyl (C=O) groups excluding carboxylic acids is 1. The topological polar surface area (TPSA) is 83.8 Å². The molecule has 0 aliphatic rings. The number of hydrogen-bond donors (Lipinski definition) is 3. The van der Waals surface area contributed by atoms with Crippen LogP contribution in [0, 0.1) is 0 Å². The van der Waals surface area contributed by atoms with E-state index >= 15 is 0 Å². The Hall–Kier alpha value is -1.36. The van der Waals surface area contributed by atoms with Gasteiger partial charge in [-0.25, -0.2) is 0 Å². The summed E-state index contributed by atoms with van der Waals surface area (Å²) in [6.45, 7) is 5.39. The number of H-pyrrole nitrogens is 1. The number of rotatable bonds is 4. The van der Waals surface area contributed by atoms with Crippen LogP contribution in [0.2, 0.25) is 0 Å². The molecule has 0 aliphatic carbocycles. The Morgan fingerprint density at radius 2 is 2.33 bits per heavy atom. The fourth-order valence-corrected chi connectivity index (χ4v) is 1.10. The van der Waals surface area contributed by atoms with Gasteiger partial charge in [0.15, 0.2) is 5.82 Å². The lowest BCUT2D eigenvalue weighted by molar-refractivity contribution is -0.120. The van der Waals surface area contributed by atoms with Crippen molar-refractivity contribution >= 4 is 11.7 Å². The quantitative estimate of drug-likeness (QED) is 0.694. The van der Waals surface area contributed by atoms with Crippen LogP contribution < -0.4 is 11.1 Å². The maximum Gasteiger partial charge on any atom is 0.245 e.